The van der Waals surface area contributed by atoms with Crippen molar-refractivity contribution in [2.75, 3.05) is 0 Å². The molecule has 20 heavy (non-hydrogen) atoms. The zero-order chi connectivity index (χ0) is 13.9. The van der Waals surface area contributed by atoms with Crippen molar-refractivity contribution in [1.82, 2.24) is 9.78 Å². The summed E-state index contributed by atoms with van der Waals surface area (Å²) in [5.41, 5.74) is 3.73. The molecule has 0 aliphatic rings. The minimum atomic E-state index is 0.645. The van der Waals surface area contributed by atoms with E-state index in [1.165, 1.54) is 0 Å². The molecule has 0 amide bonds. The zero-order valence-electron chi connectivity index (χ0n) is 10.5. The molecule has 0 aliphatic carbocycles. The molecule has 0 atom stereocenters. The highest BCUT2D eigenvalue weighted by Crippen LogP contribution is 2.27. The van der Waals surface area contributed by atoms with E-state index >= 15 is 0 Å². The molecule has 0 saturated heterocycles. The molecule has 3 aromatic rings. The Morgan fingerprint density at radius 1 is 1.05 bits per heavy atom. The Labute approximate surface area is 125 Å². The van der Waals surface area contributed by atoms with Crippen LogP contribution in [-0.2, 0) is 0 Å². The van der Waals surface area contributed by atoms with E-state index in [0.29, 0.717) is 5.56 Å². The second-order valence-electron chi connectivity index (χ2n) is 4.31. The summed E-state index contributed by atoms with van der Waals surface area (Å²) in [4.78, 5) is 0. The highest BCUT2D eigenvalue weighted by Gasteiger charge is 2.06. The van der Waals surface area contributed by atoms with Gasteiger partial charge in [0.25, 0.3) is 0 Å². The molecule has 0 saturated carbocycles. The lowest BCUT2D eigenvalue weighted by molar-refractivity contribution is 0.880. The predicted octanol–water partition coefficient (Wildman–Crippen LogP) is 4.17. The van der Waals surface area contributed by atoms with Crippen molar-refractivity contribution in [2.45, 2.75) is 0 Å². The lowest BCUT2D eigenvalue weighted by atomic mass is 10.1. The summed E-state index contributed by atoms with van der Waals surface area (Å²) >= 11 is 3.54. The van der Waals surface area contributed by atoms with Crippen LogP contribution in [0.3, 0.4) is 0 Å². The first-order valence-corrected chi connectivity index (χ1v) is 6.87. The summed E-state index contributed by atoms with van der Waals surface area (Å²) in [6.07, 6.45) is 3.81. The standard InChI is InChI=1S/C16H10BrN3/c17-16-4-2-1-3-15(16)13-10-19-20(11-13)14-7-5-12(9-18)6-8-14/h1-8,10-11H. The molecule has 1 heterocycles. The summed E-state index contributed by atoms with van der Waals surface area (Å²) in [6, 6.07) is 17.5. The van der Waals surface area contributed by atoms with E-state index in [9.17, 15) is 0 Å². The number of nitriles is 1. The van der Waals surface area contributed by atoms with Crippen LogP contribution in [0.5, 0.6) is 0 Å². The summed E-state index contributed by atoms with van der Waals surface area (Å²) in [6.45, 7) is 0. The highest BCUT2D eigenvalue weighted by atomic mass is 79.9. The second-order valence-corrected chi connectivity index (χ2v) is 5.17. The number of hydrogen-bond acceptors (Lipinski definition) is 2. The van der Waals surface area contributed by atoms with Crippen LogP contribution in [0.25, 0.3) is 16.8 Å². The molecule has 3 nitrogen and oxygen atoms in total. The molecular formula is C16H10BrN3. The second kappa shape index (κ2) is 5.32. The molecule has 96 valence electrons. The molecule has 2 aromatic carbocycles. The molecular weight excluding hydrogens is 314 g/mol. The number of nitrogens with zero attached hydrogens (tertiary/aromatic N) is 3. The lowest BCUT2D eigenvalue weighted by Gasteiger charge is -2.01. The maximum atomic E-state index is 8.80. The largest absolute Gasteiger partial charge is 0.240 e. The fraction of sp³-hybridized carbons (Fsp3) is 0. The lowest BCUT2D eigenvalue weighted by Crippen LogP contribution is -1.93. The Kier molecular flexibility index (Phi) is 3.36. The van der Waals surface area contributed by atoms with Crippen molar-refractivity contribution >= 4 is 15.9 Å². The number of benzene rings is 2. The van der Waals surface area contributed by atoms with Crippen LogP contribution in [0.4, 0.5) is 0 Å². The van der Waals surface area contributed by atoms with E-state index in [2.05, 4.69) is 27.1 Å². The van der Waals surface area contributed by atoms with Crippen molar-refractivity contribution in [1.29, 1.82) is 5.26 Å². The van der Waals surface area contributed by atoms with Crippen LogP contribution in [0.1, 0.15) is 5.56 Å². The molecule has 0 aliphatic heterocycles. The Balaban J connectivity index is 1.98. The van der Waals surface area contributed by atoms with Gasteiger partial charge in [0.15, 0.2) is 0 Å². The maximum absolute atomic E-state index is 8.80. The molecule has 1 aromatic heterocycles. The van der Waals surface area contributed by atoms with E-state index in [-0.39, 0.29) is 0 Å². The van der Waals surface area contributed by atoms with Crippen LogP contribution < -0.4 is 0 Å². The Hall–Kier alpha value is -2.38. The van der Waals surface area contributed by atoms with E-state index in [4.69, 9.17) is 5.26 Å². The molecule has 0 N–H and O–H groups in total. The molecule has 0 fully saturated rings. The molecule has 0 radical (unpaired) electrons. The van der Waals surface area contributed by atoms with Gasteiger partial charge in [0.1, 0.15) is 0 Å². The average molecular weight is 324 g/mol. The van der Waals surface area contributed by atoms with E-state index in [0.717, 1.165) is 21.3 Å². The van der Waals surface area contributed by atoms with Crippen LogP contribution in [0, 0.1) is 11.3 Å². The predicted molar refractivity (Wildman–Crippen MR) is 81.4 cm³/mol. The summed E-state index contributed by atoms with van der Waals surface area (Å²) in [5, 5.41) is 13.2. The third-order valence-corrected chi connectivity index (χ3v) is 3.72. The highest BCUT2D eigenvalue weighted by molar-refractivity contribution is 9.10. The van der Waals surface area contributed by atoms with Gasteiger partial charge < -0.3 is 0 Å². The van der Waals surface area contributed by atoms with Gasteiger partial charge in [-0.2, -0.15) is 10.4 Å². The number of rotatable bonds is 2. The van der Waals surface area contributed by atoms with Gasteiger partial charge in [-0.15, -0.1) is 0 Å². The third kappa shape index (κ3) is 2.36. The SMILES string of the molecule is N#Cc1ccc(-n2cc(-c3ccccc3Br)cn2)cc1. The minimum Gasteiger partial charge on any atom is -0.240 e. The average Bonchev–Trinajstić information content (AvgIpc) is 2.97. The zero-order valence-corrected chi connectivity index (χ0v) is 12.1. The molecule has 0 spiro atoms. The first-order chi connectivity index (χ1) is 9.78. The Bertz CT molecular complexity index is 782. The van der Waals surface area contributed by atoms with Gasteiger partial charge in [-0.25, -0.2) is 4.68 Å². The number of halogens is 1. The Morgan fingerprint density at radius 3 is 2.50 bits per heavy atom. The van der Waals surface area contributed by atoms with Gasteiger partial charge in [0.05, 0.1) is 23.5 Å². The first kappa shape index (κ1) is 12.6. The third-order valence-electron chi connectivity index (χ3n) is 3.03. The van der Waals surface area contributed by atoms with Crippen molar-refractivity contribution < 1.29 is 0 Å². The smallest absolute Gasteiger partial charge is 0.0991 e. The van der Waals surface area contributed by atoms with Crippen LogP contribution in [-0.4, -0.2) is 9.78 Å². The van der Waals surface area contributed by atoms with E-state index in [1.807, 2.05) is 48.8 Å². The van der Waals surface area contributed by atoms with Crippen LogP contribution in [0.2, 0.25) is 0 Å². The number of hydrogen-bond donors (Lipinski definition) is 0. The van der Waals surface area contributed by atoms with Gasteiger partial charge in [0.2, 0.25) is 0 Å². The monoisotopic (exact) mass is 323 g/mol. The van der Waals surface area contributed by atoms with Gasteiger partial charge in [-0.05, 0) is 35.9 Å². The summed E-state index contributed by atoms with van der Waals surface area (Å²) in [7, 11) is 0. The van der Waals surface area contributed by atoms with Crippen LogP contribution in [0.15, 0.2) is 65.4 Å². The summed E-state index contributed by atoms with van der Waals surface area (Å²) < 4.78 is 2.84. The molecule has 4 heteroatoms. The van der Waals surface area contributed by atoms with Crippen molar-refractivity contribution in [3.8, 4) is 22.9 Å². The normalized spacial score (nSPS) is 10.2. The van der Waals surface area contributed by atoms with Crippen LogP contribution >= 0.6 is 15.9 Å². The van der Waals surface area contributed by atoms with E-state index < -0.39 is 0 Å². The minimum absolute atomic E-state index is 0.645. The van der Waals surface area contributed by atoms with Gasteiger partial charge in [-0.3, -0.25) is 0 Å². The topological polar surface area (TPSA) is 41.6 Å². The van der Waals surface area contributed by atoms with E-state index in [1.54, 1.807) is 16.8 Å². The van der Waals surface area contributed by atoms with Crippen molar-refractivity contribution in [2.24, 2.45) is 0 Å². The van der Waals surface area contributed by atoms with Gasteiger partial charge in [0, 0.05) is 16.2 Å². The summed E-state index contributed by atoms with van der Waals surface area (Å²) in [5.74, 6) is 0. The first-order valence-electron chi connectivity index (χ1n) is 6.08. The number of aromatic nitrogens is 2. The van der Waals surface area contributed by atoms with Gasteiger partial charge >= 0.3 is 0 Å². The molecule has 3 rings (SSSR count). The van der Waals surface area contributed by atoms with Gasteiger partial charge in [-0.1, -0.05) is 34.1 Å². The fourth-order valence-electron chi connectivity index (χ4n) is 1.99. The maximum Gasteiger partial charge on any atom is 0.0991 e. The quantitative estimate of drug-likeness (QED) is 0.710. The Morgan fingerprint density at radius 2 is 1.80 bits per heavy atom. The van der Waals surface area contributed by atoms with Crippen molar-refractivity contribution in [3.05, 3.63) is 71.0 Å². The molecule has 0 bridgehead atoms. The fourth-order valence-corrected chi connectivity index (χ4v) is 2.50. The molecule has 0 unspecified atom stereocenters. The van der Waals surface area contributed by atoms with Crippen molar-refractivity contribution in [3.63, 3.8) is 0 Å².